The molecule has 2 saturated carbocycles. The quantitative estimate of drug-likeness (QED) is 0.429. The number of nitrogens with zero attached hydrogens (tertiary/aromatic N) is 2. The molecule has 0 aromatic carbocycles. The Hall–Kier alpha value is -1.19. The molecular formula is C17H30N4O3S2. The topological polar surface area (TPSA) is 81.8 Å². The van der Waals surface area contributed by atoms with Gasteiger partial charge in [0.2, 0.25) is 10.0 Å². The van der Waals surface area contributed by atoms with Crippen molar-refractivity contribution in [1.82, 2.24) is 20.3 Å². The summed E-state index contributed by atoms with van der Waals surface area (Å²) in [7, 11) is -3.85. The van der Waals surface area contributed by atoms with Crippen molar-refractivity contribution in [3.8, 4) is 0 Å². The fraction of sp³-hybridized carbons (Fsp3) is 0.765. The molecule has 2 rings (SSSR count). The van der Waals surface area contributed by atoms with Crippen LogP contribution in [0.3, 0.4) is 0 Å². The summed E-state index contributed by atoms with van der Waals surface area (Å²) in [6.45, 7) is 12.8. The predicted molar refractivity (Wildman–Crippen MR) is 106 cm³/mol. The maximum absolute atomic E-state index is 12.4. The Morgan fingerprint density at radius 2 is 1.58 bits per heavy atom. The van der Waals surface area contributed by atoms with E-state index in [0.29, 0.717) is 18.1 Å². The first-order chi connectivity index (χ1) is 12.0. The highest BCUT2D eigenvalue weighted by molar-refractivity contribution is 7.90. The lowest BCUT2D eigenvalue weighted by Gasteiger charge is -2.30. The number of hydrazine groups is 2. The van der Waals surface area contributed by atoms with Crippen LogP contribution in [-0.4, -0.2) is 48.2 Å². The van der Waals surface area contributed by atoms with E-state index in [2.05, 4.69) is 23.8 Å². The zero-order valence-corrected chi connectivity index (χ0v) is 17.7. The average molecular weight is 403 g/mol. The fourth-order valence-electron chi connectivity index (χ4n) is 2.67. The first kappa shape index (κ1) is 21.1. The molecule has 9 heteroatoms. The molecule has 0 radical (unpaired) electrons. The molecule has 0 aliphatic heterocycles. The Morgan fingerprint density at radius 3 is 2.00 bits per heavy atom. The Kier molecular flexibility index (Phi) is 6.04. The lowest BCUT2D eigenvalue weighted by atomic mass is 10.1. The number of hydrogen-bond donors (Lipinski definition) is 2. The summed E-state index contributed by atoms with van der Waals surface area (Å²) < 4.78 is 24.8. The van der Waals surface area contributed by atoms with Crippen LogP contribution in [0.4, 0.5) is 0 Å². The third kappa shape index (κ3) is 4.95. The van der Waals surface area contributed by atoms with Gasteiger partial charge in [0.1, 0.15) is 5.75 Å². The number of amides is 1. The van der Waals surface area contributed by atoms with Crippen LogP contribution < -0.4 is 10.3 Å². The zero-order valence-electron chi connectivity index (χ0n) is 16.1. The molecule has 0 spiro atoms. The van der Waals surface area contributed by atoms with Gasteiger partial charge < -0.3 is 0 Å². The highest BCUT2D eigenvalue weighted by Crippen LogP contribution is 2.51. The summed E-state index contributed by atoms with van der Waals surface area (Å²) in [4.78, 5) is 15.3. The van der Waals surface area contributed by atoms with Gasteiger partial charge in [-0.15, -0.1) is 4.83 Å². The summed E-state index contributed by atoms with van der Waals surface area (Å²) in [6.07, 6.45) is 3.97. The van der Waals surface area contributed by atoms with Gasteiger partial charge in [-0.2, -0.15) is 0 Å². The van der Waals surface area contributed by atoms with Gasteiger partial charge in [0.15, 0.2) is 0 Å². The molecule has 2 aliphatic carbocycles. The van der Waals surface area contributed by atoms with Gasteiger partial charge in [0.25, 0.3) is 5.91 Å². The molecule has 0 unspecified atom stereocenters. The molecule has 1 amide bonds. The summed E-state index contributed by atoms with van der Waals surface area (Å²) in [5.41, 5.74) is 3.36. The van der Waals surface area contributed by atoms with E-state index < -0.39 is 21.7 Å². The summed E-state index contributed by atoms with van der Waals surface area (Å²) in [5.74, 6) is -1.26. The SMILES string of the molecule is C=C(N(CC)NC(=O)CS(=O)(=O)NN(CC)C(=S)C1(C)CC1)C1(C)CC1. The van der Waals surface area contributed by atoms with Gasteiger partial charge in [-0.3, -0.25) is 20.2 Å². The van der Waals surface area contributed by atoms with Gasteiger partial charge >= 0.3 is 0 Å². The Morgan fingerprint density at radius 1 is 1.08 bits per heavy atom. The van der Waals surface area contributed by atoms with Gasteiger partial charge in [0, 0.05) is 29.6 Å². The van der Waals surface area contributed by atoms with E-state index in [1.165, 1.54) is 5.01 Å². The van der Waals surface area contributed by atoms with Gasteiger partial charge in [0.05, 0.1) is 4.99 Å². The number of thiocarbonyl (C=S) groups is 1. The molecule has 2 N–H and O–H groups in total. The molecule has 148 valence electrons. The lowest BCUT2D eigenvalue weighted by molar-refractivity contribution is -0.122. The van der Waals surface area contributed by atoms with Crippen molar-refractivity contribution in [2.45, 2.75) is 53.4 Å². The second kappa shape index (κ2) is 7.44. The number of carbonyl (C=O) groups is 1. The minimum Gasteiger partial charge on any atom is -0.290 e. The monoisotopic (exact) mass is 402 g/mol. The van der Waals surface area contributed by atoms with Crippen molar-refractivity contribution in [3.05, 3.63) is 12.3 Å². The van der Waals surface area contributed by atoms with Gasteiger partial charge in [-0.25, -0.2) is 8.42 Å². The van der Waals surface area contributed by atoms with Crippen LogP contribution in [0.2, 0.25) is 0 Å². The van der Waals surface area contributed by atoms with Crippen molar-refractivity contribution < 1.29 is 13.2 Å². The Labute approximate surface area is 162 Å². The third-order valence-corrected chi connectivity index (χ3v) is 7.10. The minimum atomic E-state index is -3.85. The van der Waals surface area contributed by atoms with Crippen LogP contribution in [0.1, 0.15) is 53.4 Å². The number of allylic oxidation sites excluding steroid dienone is 1. The Bertz CT molecular complexity index is 697. The predicted octanol–water partition coefficient (Wildman–Crippen LogP) is 1.94. The zero-order chi connectivity index (χ0) is 19.8. The van der Waals surface area contributed by atoms with Crippen molar-refractivity contribution in [1.29, 1.82) is 0 Å². The number of hydrogen-bond acceptors (Lipinski definition) is 5. The molecule has 0 saturated heterocycles. The molecule has 0 heterocycles. The molecule has 0 aromatic heterocycles. The van der Waals surface area contributed by atoms with E-state index in [1.54, 1.807) is 5.01 Å². The minimum absolute atomic E-state index is 0.00528. The summed E-state index contributed by atoms with van der Waals surface area (Å²) in [5, 5.41) is 3.09. The second-order valence-electron chi connectivity index (χ2n) is 7.75. The van der Waals surface area contributed by atoms with E-state index >= 15 is 0 Å². The first-order valence-electron chi connectivity index (χ1n) is 9.05. The smallest absolute Gasteiger partial charge is 0.255 e. The van der Waals surface area contributed by atoms with Crippen LogP contribution in [0, 0.1) is 10.8 Å². The van der Waals surface area contributed by atoms with E-state index in [1.807, 2.05) is 20.8 Å². The van der Waals surface area contributed by atoms with Crippen LogP contribution in [0.15, 0.2) is 12.3 Å². The maximum atomic E-state index is 12.4. The molecule has 0 bridgehead atoms. The van der Waals surface area contributed by atoms with E-state index in [9.17, 15) is 13.2 Å². The van der Waals surface area contributed by atoms with E-state index in [-0.39, 0.29) is 10.8 Å². The molecule has 0 atom stereocenters. The number of sulfonamides is 1. The molecule has 7 nitrogen and oxygen atoms in total. The van der Waals surface area contributed by atoms with Gasteiger partial charge in [-0.1, -0.05) is 32.6 Å². The maximum Gasteiger partial charge on any atom is 0.255 e. The van der Waals surface area contributed by atoms with Crippen LogP contribution in [0.25, 0.3) is 0 Å². The lowest BCUT2D eigenvalue weighted by Crippen LogP contribution is -2.51. The van der Waals surface area contributed by atoms with Crippen molar-refractivity contribution in [3.63, 3.8) is 0 Å². The molecule has 2 aliphatic rings. The van der Waals surface area contributed by atoms with Crippen molar-refractivity contribution in [2.75, 3.05) is 18.8 Å². The molecule has 2 fully saturated rings. The van der Waals surface area contributed by atoms with Crippen LogP contribution >= 0.6 is 12.2 Å². The summed E-state index contributed by atoms with van der Waals surface area (Å²) >= 11 is 5.41. The van der Waals surface area contributed by atoms with Gasteiger partial charge in [-0.05, 0) is 39.5 Å². The van der Waals surface area contributed by atoms with Crippen molar-refractivity contribution >= 4 is 33.1 Å². The number of nitrogens with one attached hydrogen (secondary N) is 2. The first-order valence-corrected chi connectivity index (χ1v) is 11.1. The normalized spacial score (nSPS) is 19.4. The van der Waals surface area contributed by atoms with E-state index in [0.717, 1.165) is 31.4 Å². The van der Waals surface area contributed by atoms with Crippen molar-refractivity contribution in [2.24, 2.45) is 10.8 Å². The van der Waals surface area contributed by atoms with Crippen LogP contribution in [0.5, 0.6) is 0 Å². The third-order valence-electron chi connectivity index (χ3n) is 5.25. The number of carbonyl (C=O) groups excluding carboxylic acids is 1. The average Bonchev–Trinajstić information content (AvgIpc) is 3.48. The molecule has 0 aromatic rings. The second-order valence-corrected chi connectivity index (χ2v) is 9.83. The highest BCUT2D eigenvalue weighted by atomic mass is 32.2. The largest absolute Gasteiger partial charge is 0.290 e. The summed E-state index contributed by atoms with van der Waals surface area (Å²) in [6, 6.07) is 0. The molecular weight excluding hydrogens is 372 g/mol. The molecule has 26 heavy (non-hydrogen) atoms. The van der Waals surface area contributed by atoms with Crippen LogP contribution in [-0.2, 0) is 14.8 Å². The highest BCUT2D eigenvalue weighted by Gasteiger charge is 2.45. The number of rotatable bonds is 10. The van der Waals surface area contributed by atoms with E-state index in [4.69, 9.17) is 12.2 Å². The Balaban J connectivity index is 1.93. The standard InChI is InChI=1S/C17H30N4O3S2/c1-6-20(13(3)16(4)8-9-16)18-14(22)12-26(23,24)19-21(7-2)15(25)17(5)10-11-17/h19H,3,6-12H2,1-2,4-5H3,(H,18,22). The fourth-order valence-corrected chi connectivity index (χ4v) is 4.14.